The molecular weight excluding hydrogens is 316 g/mol. The third-order valence-electron chi connectivity index (χ3n) is 4.35. The maximum absolute atomic E-state index is 10.3. The molecule has 3 rings (SSSR count). The molecule has 0 spiro atoms. The van der Waals surface area contributed by atoms with Crippen LogP contribution in [0, 0.1) is 0 Å². The fraction of sp³-hybridized carbons (Fsp3) is 0.316. The van der Waals surface area contributed by atoms with Crippen molar-refractivity contribution in [3.63, 3.8) is 0 Å². The van der Waals surface area contributed by atoms with Crippen LogP contribution in [0.25, 0.3) is 10.9 Å². The number of hydrogen-bond donors (Lipinski definition) is 4. The molecule has 0 bridgehead atoms. The summed E-state index contributed by atoms with van der Waals surface area (Å²) in [5, 5.41) is 14.8. The van der Waals surface area contributed by atoms with Crippen molar-refractivity contribution in [2.75, 3.05) is 19.4 Å². The Balaban J connectivity index is 1.60. The summed E-state index contributed by atoms with van der Waals surface area (Å²) in [6, 6.07) is 9.71. The normalized spacial score (nSPS) is 13.7. The van der Waals surface area contributed by atoms with Crippen LogP contribution in [0.4, 0.5) is 5.82 Å². The molecule has 1 aromatic carbocycles. The Morgan fingerprint density at radius 3 is 2.88 bits per heavy atom. The Hall–Kier alpha value is -2.57. The molecule has 25 heavy (non-hydrogen) atoms. The van der Waals surface area contributed by atoms with Crippen molar-refractivity contribution in [2.45, 2.75) is 25.5 Å². The van der Waals surface area contributed by atoms with Gasteiger partial charge >= 0.3 is 0 Å². The molecule has 2 unspecified atom stereocenters. The first-order chi connectivity index (χ1) is 12.1. The minimum atomic E-state index is -0.612. The lowest BCUT2D eigenvalue weighted by atomic mass is 10.1. The highest BCUT2D eigenvalue weighted by atomic mass is 16.5. The Morgan fingerprint density at radius 2 is 2.16 bits per heavy atom. The van der Waals surface area contributed by atoms with Gasteiger partial charge in [-0.25, -0.2) is 4.98 Å². The average Bonchev–Trinajstić information content (AvgIpc) is 3.02. The molecule has 0 aliphatic carbocycles. The van der Waals surface area contributed by atoms with Crippen molar-refractivity contribution in [3.8, 4) is 5.75 Å². The molecule has 0 fully saturated rings. The number of aliphatic hydroxyl groups excluding tert-OH is 1. The molecule has 132 valence electrons. The molecular formula is C19H24N4O2. The lowest BCUT2D eigenvalue weighted by Gasteiger charge is -2.17. The van der Waals surface area contributed by atoms with Crippen molar-refractivity contribution in [3.05, 3.63) is 53.9 Å². The number of nitrogens with two attached hydrogens (primary N) is 1. The zero-order chi connectivity index (χ0) is 17.8. The third kappa shape index (κ3) is 4.10. The Labute approximate surface area is 147 Å². The number of pyridine rings is 1. The molecule has 3 aromatic rings. The van der Waals surface area contributed by atoms with Gasteiger partial charge in [0.15, 0.2) is 0 Å². The summed E-state index contributed by atoms with van der Waals surface area (Å²) >= 11 is 0. The van der Waals surface area contributed by atoms with Crippen LogP contribution in [0.15, 0.2) is 42.7 Å². The van der Waals surface area contributed by atoms with Gasteiger partial charge in [-0.1, -0.05) is 6.07 Å². The van der Waals surface area contributed by atoms with E-state index >= 15 is 0 Å². The number of aliphatic hydroxyl groups is 1. The van der Waals surface area contributed by atoms with Crippen molar-refractivity contribution in [2.24, 2.45) is 0 Å². The molecule has 0 aliphatic rings. The van der Waals surface area contributed by atoms with Gasteiger partial charge in [-0.05, 0) is 43.2 Å². The van der Waals surface area contributed by atoms with E-state index in [1.54, 1.807) is 25.4 Å². The second-order valence-corrected chi connectivity index (χ2v) is 6.27. The van der Waals surface area contributed by atoms with Crippen LogP contribution >= 0.6 is 0 Å². The lowest BCUT2D eigenvalue weighted by Crippen LogP contribution is -2.32. The van der Waals surface area contributed by atoms with E-state index in [1.165, 1.54) is 5.56 Å². The first-order valence-electron chi connectivity index (χ1n) is 8.33. The molecule has 5 N–H and O–H groups in total. The topological polar surface area (TPSA) is 96.2 Å². The van der Waals surface area contributed by atoms with Gasteiger partial charge < -0.3 is 25.9 Å². The summed E-state index contributed by atoms with van der Waals surface area (Å²) in [5.41, 5.74) is 8.64. The summed E-state index contributed by atoms with van der Waals surface area (Å²) in [6.07, 6.45) is 3.87. The van der Waals surface area contributed by atoms with Gasteiger partial charge in [0, 0.05) is 41.4 Å². The van der Waals surface area contributed by atoms with Crippen molar-refractivity contribution < 1.29 is 9.84 Å². The number of methoxy groups -OCH3 is 1. The number of nitrogen functional groups attached to an aromatic ring is 1. The summed E-state index contributed by atoms with van der Waals surface area (Å²) in [4.78, 5) is 7.30. The van der Waals surface area contributed by atoms with Crippen LogP contribution in [0.2, 0.25) is 0 Å². The largest absolute Gasteiger partial charge is 0.497 e. The molecule has 6 nitrogen and oxygen atoms in total. The number of benzene rings is 1. The number of anilines is 1. The Kier molecular flexibility index (Phi) is 5.21. The average molecular weight is 340 g/mol. The fourth-order valence-electron chi connectivity index (χ4n) is 2.90. The summed E-state index contributed by atoms with van der Waals surface area (Å²) in [6.45, 7) is 2.56. The van der Waals surface area contributed by atoms with E-state index in [9.17, 15) is 5.11 Å². The third-order valence-corrected chi connectivity index (χ3v) is 4.35. The van der Waals surface area contributed by atoms with Crippen LogP contribution in [0.5, 0.6) is 5.75 Å². The van der Waals surface area contributed by atoms with Gasteiger partial charge in [-0.2, -0.15) is 0 Å². The molecule has 0 aliphatic heterocycles. The molecule has 2 atom stereocenters. The number of fused-ring (bicyclic) bond motifs is 1. The quantitative estimate of drug-likeness (QED) is 0.530. The van der Waals surface area contributed by atoms with E-state index in [0.29, 0.717) is 12.4 Å². The standard InChI is InChI=1S/C19H24N4O2/c1-12(21-11-18(24)13-3-6-19(20)23-9-13)7-14-10-22-17-5-4-15(25-2)8-16(14)17/h3-6,8-10,12,18,21-22,24H,7,11H2,1-2H3,(H2,20,23). The van der Waals surface area contributed by atoms with E-state index in [2.05, 4.69) is 22.2 Å². The van der Waals surface area contributed by atoms with Crippen molar-refractivity contribution in [1.82, 2.24) is 15.3 Å². The first kappa shape index (κ1) is 17.3. The van der Waals surface area contributed by atoms with E-state index in [0.717, 1.165) is 28.6 Å². The van der Waals surface area contributed by atoms with E-state index < -0.39 is 6.10 Å². The zero-order valence-electron chi connectivity index (χ0n) is 14.5. The highest BCUT2D eigenvalue weighted by Crippen LogP contribution is 2.24. The number of aromatic nitrogens is 2. The van der Waals surface area contributed by atoms with Gasteiger partial charge in [-0.15, -0.1) is 0 Å². The fourth-order valence-corrected chi connectivity index (χ4v) is 2.90. The highest BCUT2D eigenvalue weighted by Gasteiger charge is 2.12. The number of rotatable bonds is 7. The smallest absolute Gasteiger partial charge is 0.123 e. The second kappa shape index (κ2) is 7.55. The molecule has 2 heterocycles. The molecule has 0 amide bonds. The Morgan fingerprint density at radius 1 is 1.32 bits per heavy atom. The first-order valence-corrected chi connectivity index (χ1v) is 8.33. The van der Waals surface area contributed by atoms with Crippen LogP contribution < -0.4 is 15.8 Å². The van der Waals surface area contributed by atoms with E-state index in [1.807, 2.05) is 24.4 Å². The molecule has 2 aromatic heterocycles. The van der Waals surface area contributed by atoms with Gasteiger partial charge in [0.2, 0.25) is 0 Å². The summed E-state index contributed by atoms with van der Waals surface area (Å²) in [7, 11) is 1.67. The van der Waals surface area contributed by atoms with Gasteiger partial charge in [-0.3, -0.25) is 0 Å². The number of ether oxygens (including phenoxy) is 1. The second-order valence-electron chi connectivity index (χ2n) is 6.27. The van der Waals surface area contributed by atoms with Gasteiger partial charge in [0.1, 0.15) is 11.6 Å². The van der Waals surface area contributed by atoms with Gasteiger partial charge in [0.25, 0.3) is 0 Å². The zero-order valence-corrected chi connectivity index (χ0v) is 14.5. The van der Waals surface area contributed by atoms with Crippen LogP contribution in [-0.4, -0.2) is 34.8 Å². The van der Waals surface area contributed by atoms with Crippen molar-refractivity contribution in [1.29, 1.82) is 0 Å². The van der Waals surface area contributed by atoms with Crippen LogP contribution in [0.3, 0.4) is 0 Å². The molecule has 0 radical (unpaired) electrons. The maximum atomic E-state index is 10.3. The highest BCUT2D eigenvalue weighted by molar-refractivity contribution is 5.84. The predicted octanol–water partition coefficient (Wildman–Crippen LogP) is 2.41. The van der Waals surface area contributed by atoms with Crippen LogP contribution in [0.1, 0.15) is 24.2 Å². The minimum Gasteiger partial charge on any atom is -0.497 e. The lowest BCUT2D eigenvalue weighted by molar-refractivity contribution is 0.170. The number of hydrogen-bond acceptors (Lipinski definition) is 5. The van der Waals surface area contributed by atoms with E-state index in [4.69, 9.17) is 10.5 Å². The van der Waals surface area contributed by atoms with Gasteiger partial charge in [0.05, 0.1) is 13.2 Å². The number of nitrogens with one attached hydrogen (secondary N) is 2. The minimum absolute atomic E-state index is 0.210. The SMILES string of the molecule is COc1ccc2[nH]cc(CC(C)NCC(O)c3ccc(N)nc3)c2c1. The molecule has 6 heteroatoms. The number of aromatic amines is 1. The molecule has 0 saturated carbocycles. The monoisotopic (exact) mass is 340 g/mol. The van der Waals surface area contributed by atoms with Crippen LogP contribution in [-0.2, 0) is 6.42 Å². The Bertz CT molecular complexity index is 829. The number of nitrogens with zero attached hydrogens (tertiary/aromatic N) is 1. The molecule has 0 saturated heterocycles. The number of H-pyrrole nitrogens is 1. The maximum Gasteiger partial charge on any atom is 0.123 e. The van der Waals surface area contributed by atoms with Crippen molar-refractivity contribution >= 4 is 16.7 Å². The summed E-state index contributed by atoms with van der Waals surface area (Å²) < 4.78 is 5.31. The summed E-state index contributed by atoms with van der Waals surface area (Å²) in [5.74, 6) is 1.30. The predicted molar refractivity (Wildman–Crippen MR) is 99.6 cm³/mol. The van der Waals surface area contributed by atoms with E-state index in [-0.39, 0.29) is 6.04 Å².